The van der Waals surface area contributed by atoms with Crippen molar-refractivity contribution >= 4 is 38.9 Å². The minimum Gasteiger partial charge on any atom is -0.343 e. The lowest BCUT2D eigenvalue weighted by Gasteiger charge is -2.57. The van der Waals surface area contributed by atoms with Crippen molar-refractivity contribution in [3.05, 3.63) is 125 Å². The molecule has 0 radical (unpaired) electrons. The number of aryl methyl sites for hydroxylation is 1. The first-order valence-electron chi connectivity index (χ1n) is 21.0. The molecule has 2 heteroatoms. The number of fused-ring (bicyclic) bond motifs is 9. The molecular formula is C51H52N2. The smallest absolute Gasteiger partial charge is 0.0536 e. The van der Waals surface area contributed by atoms with Crippen molar-refractivity contribution in [1.29, 1.82) is 0 Å². The second kappa shape index (κ2) is 10.9. The maximum absolute atomic E-state index is 2.56. The van der Waals surface area contributed by atoms with E-state index < -0.39 is 0 Å². The van der Waals surface area contributed by atoms with Gasteiger partial charge in [-0.25, -0.2) is 0 Å². The van der Waals surface area contributed by atoms with Gasteiger partial charge in [0.05, 0.1) is 5.52 Å². The number of hydrogen-bond acceptors (Lipinski definition) is 1. The van der Waals surface area contributed by atoms with E-state index in [9.17, 15) is 0 Å². The van der Waals surface area contributed by atoms with Crippen LogP contribution < -0.4 is 4.90 Å². The molecule has 7 aliphatic carbocycles. The maximum Gasteiger partial charge on any atom is 0.0536 e. The van der Waals surface area contributed by atoms with Crippen LogP contribution in [0.4, 0.5) is 17.1 Å². The molecular weight excluding hydrogens is 641 g/mol. The summed E-state index contributed by atoms with van der Waals surface area (Å²) in [6.07, 6.45) is 14.5. The highest BCUT2D eigenvalue weighted by molar-refractivity contribution is 6.12. The first kappa shape index (κ1) is 31.1. The summed E-state index contributed by atoms with van der Waals surface area (Å²) >= 11 is 0. The Hall–Kier alpha value is -4.30. The fraction of sp³-hybridized carbons (Fsp3) is 0.412. The van der Waals surface area contributed by atoms with Crippen LogP contribution in [0.15, 0.2) is 103 Å². The molecule has 13 rings (SSSR count). The minimum absolute atomic E-state index is 0.137. The highest BCUT2D eigenvalue weighted by Gasteiger charge is 2.51. The van der Waals surface area contributed by atoms with Gasteiger partial charge in [-0.2, -0.15) is 0 Å². The lowest BCUT2D eigenvalue weighted by molar-refractivity contribution is -0.00518. The first-order chi connectivity index (χ1) is 25.8. The number of para-hydroxylation sites is 1. The van der Waals surface area contributed by atoms with E-state index in [1.165, 1.54) is 125 Å². The average Bonchev–Trinajstić information content (AvgIpc) is 3.93. The number of benzene rings is 5. The normalized spacial score (nSPS) is 30.0. The van der Waals surface area contributed by atoms with Gasteiger partial charge in [0.2, 0.25) is 0 Å². The van der Waals surface area contributed by atoms with Crippen molar-refractivity contribution in [2.75, 3.05) is 4.90 Å². The standard InChI is InChI=1S/C51H52N2/c1-50(2)46-27-40(18-19-41(46)43-20-21-44-42-6-4-5-7-47(42)52(3)49(44)48(43)50)53(38-14-10-35(11-15-38)45-26-31-8-9-36(45)25-31)39-16-12-37(13-17-39)51-28-32-22-33(29-51)24-34(23-32)30-51/h4-7,10-21,27,31-34,36,45H,8-9,22-26,28-30H2,1-3H3. The molecule has 3 atom stereocenters. The molecule has 7 aliphatic rings. The molecule has 6 aromatic rings. The summed E-state index contributed by atoms with van der Waals surface area (Å²) in [5.74, 6) is 5.48. The van der Waals surface area contributed by atoms with Crippen LogP contribution in [0.1, 0.15) is 106 Å². The van der Waals surface area contributed by atoms with E-state index in [-0.39, 0.29) is 5.41 Å². The third-order valence-corrected chi connectivity index (χ3v) is 16.0. The summed E-state index contributed by atoms with van der Waals surface area (Å²) < 4.78 is 2.44. The van der Waals surface area contributed by atoms with E-state index >= 15 is 0 Å². The van der Waals surface area contributed by atoms with Crippen LogP contribution >= 0.6 is 0 Å². The van der Waals surface area contributed by atoms with E-state index in [4.69, 9.17) is 0 Å². The summed E-state index contributed by atoms with van der Waals surface area (Å²) in [5, 5.41) is 2.71. The predicted octanol–water partition coefficient (Wildman–Crippen LogP) is 13.5. The lowest BCUT2D eigenvalue weighted by Crippen LogP contribution is -2.48. The SMILES string of the molecule is Cn1c2ccccc2c2ccc3c(c21)C(C)(C)c1cc(N(c2ccc(C4CC5CCC4C5)cc2)c2ccc(C45CC6CC(CC(C6)C4)C5)cc2)ccc1-3. The molecule has 0 saturated heterocycles. The van der Waals surface area contributed by atoms with Crippen molar-refractivity contribution < 1.29 is 0 Å². The molecule has 0 aliphatic heterocycles. The van der Waals surface area contributed by atoms with Crippen molar-refractivity contribution in [1.82, 2.24) is 4.57 Å². The van der Waals surface area contributed by atoms with Gasteiger partial charge in [0.25, 0.3) is 0 Å². The number of anilines is 3. The van der Waals surface area contributed by atoms with Crippen LogP contribution in [0.25, 0.3) is 32.9 Å². The Morgan fingerprint density at radius 2 is 1.26 bits per heavy atom. The lowest BCUT2D eigenvalue weighted by atomic mass is 9.48. The number of aromatic nitrogens is 1. The predicted molar refractivity (Wildman–Crippen MR) is 221 cm³/mol. The second-order valence-electron chi connectivity index (χ2n) is 19.3. The van der Waals surface area contributed by atoms with Crippen LogP contribution in [-0.2, 0) is 17.9 Å². The highest BCUT2D eigenvalue weighted by atomic mass is 15.1. The summed E-state index contributed by atoms with van der Waals surface area (Å²) in [7, 11) is 2.25. The van der Waals surface area contributed by atoms with E-state index in [0.717, 1.165) is 35.5 Å². The van der Waals surface area contributed by atoms with E-state index in [2.05, 4.69) is 133 Å². The monoisotopic (exact) mass is 692 g/mol. The van der Waals surface area contributed by atoms with Crippen molar-refractivity contribution in [2.45, 2.75) is 94.8 Å². The van der Waals surface area contributed by atoms with Crippen molar-refractivity contribution in [2.24, 2.45) is 36.6 Å². The maximum atomic E-state index is 2.56. The van der Waals surface area contributed by atoms with Gasteiger partial charge in [0.1, 0.15) is 0 Å². The molecule has 5 aromatic carbocycles. The second-order valence-corrected chi connectivity index (χ2v) is 19.3. The van der Waals surface area contributed by atoms with Gasteiger partial charge in [0, 0.05) is 45.8 Å². The summed E-state index contributed by atoms with van der Waals surface area (Å²) in [4.78, 5) is 2.56. The van der Waals surface area contributed by atoms with Crippen molar-refractivity contribution in [3.8, 4) is 11.1 Å². The molecule has 2 nitrogen and oxygen atoms in total. The number of rotatable bonds is 5. The Morgan fingerprint density at radius 1 is 0.604 bits per heavy atom. The Balaban J connectivity index is 0.966. The fourth-order valence-electron chi connectivity index (χ4n) is 14.1. The van der Waals surface area contributed by atoms with E-state index in [1.54, 1.807) is 11.1 Å². The molecule has 6 bridgehead atoms. The molecule has 6 fully saturated rings. The van der Waals surface area contributed by atoms with Crippen LogP contribution in [0.3, 0.4) is 0 Å². The zero-order valence-corrected chi connectivity index (χ0v) is 31.7. The van der Waals surface area contributed by atoms with Gasteiger partial charge in [-0.15, -0.1) is 0 Å². The summed E-state index contributed by atoms with van der Waals surface area (Å²) in [5.41, 5.74) is 15.6. The van der Waals surface area contributed by atoms with Crippen LogP contribution in [0.2, 0.25) is 0 Å². The first-order valence-corrected chi connectivity index (χ1v) is 21.0. The third-order valence-electron chi connectivity index (χ3n) is 16.0. The topological polar surface area (TPSA) is 8.17 Å². The Labute approximate surface area is 315 Å². The third kappa shape index (κ3) is 4.39. The number of nitrogens with zero attached hydrogens (tertiary/aromatic N) is 2. The zero-order chi connectivity index (χ0) is 35.2. The Bertz CT molecular complexity index is 2410. The summed E-state index contributed by atoms with van der Waals surface area (Å²) in [6, 6.07) is 40.8. The molecule has 53 heavy (non-hydrogen) atoms. The van der Waals surface area contributed by atoms with Crippen LogP contribution in [0, 0.1) is 29.6 Å². The molecule has 0 N–H and O–H groups in total. The van der Waals surface area contributed by atoms with Gasteiger partial charge < -0.3 is 9.47 Å². The van der Waals surface area contributed by atoms with Crippen molar-refractivity contribution in [3.63, 3.8) is 0 Å². The molecule has 3 unspecified atom stereocenters. The van der Waals surface area contributed by atoms with Gasteiger partial charge in [-0.3, -0.25) is 0 Å². The van der Waals surface area contributed by atoms with Gasteiger partial charge in [-0.1, -0.05) is 80.9 Å². The fourth-order valence-corrected chi connectivity index (χ4v) is 14.1. The van der Waals surface area contributed by atoms with E-state index in [0.29, 0.717) is 5.41 Å². The quantitative estimate of drug-likeness (QED) is 0.175. The Morgan fingerprint density at radius 3 is 1.94 bits per heavy atom. The summed E-state index contributed by atoms with van der Waals surface area (Å²) in [6.45, 7) is 4.90. The van der Waals surface area contributed by atoms with Crippen LogP contribution in [0.5, 0.6) is 0 Å². The van der Waals surface area contributed by atoms with Crippen LogP contribution in [-0.4, -0.2) is 4.57 Å². The van der Waals surface area contributed by atoms with E-state index in [1.807, 2.05) is 0 Å². The number of hydrogen-bond donors (Lipinski definition) is 0. The molecule has 6 saturated carbocycles. The average molecular weight is 693 g/mol. The Kier molecular flexibility index (Phi) is 6.39. The molecule has 0 spiro atoms. The van der Waals surface area contributed by atoms with Gasteiger partial charge >= 0.3 is 0 Å². The molecule has 0 amide bonds. The van der Waals surface area contributed by atoms with Gasteiger partial charge in [0.15, 0.2) is 0 Å². The zero-order valence-electron chi connectivity index (χ0n) is 31.7. The largest absolute Gasteiger partial charge is 0.343 e. The molecule has 1 heterocycles. The molecule has 1 aromatic heterocycles. The molecule has 266 valence electrons. The highest BCUT2D eigenvalue weighted by Crippen LogP contribution is 2.61. The van der Waals surface area contributed by atoms with Gasteiger partial charge in [-0.05, 0) is 175 Å². The minimum atomic E-state index is -0.137.